The van der Waals surface area contributed by atoms with Crippen LogP contribution in [-0.4, -0.2) is 32.5 Å². The number of hydrogen-bond donors (Lipinski definition) is 2. The van der Waals surface area contributed by atoms with Crippen LogP contribution in [-0.2, 0) is 18.9 Å². The number of hydrogen-bond acceptors (Lipinski definition) is 7. The van der Waals surface area contributed by atoms with E-state index in [0.717, 1.165) is 10.4 Å². The third-order valence-electron chi connectivity index (χ3n) is 5.09. The third kappa shape index (κ3) is 7.01. The summed E-state index contributed by atoms with van der Waals surface area (Å²) in [6.07, 6.45) is -0.434. The van der Waals surface area contributed by atoms with Crippen molar-refractivity contribution in [3.8, 4) is 10.4 Å². The van der Waals surface area contributed by atoms with Crippen molar-refractivity contribution in [1.29, 1.82) is 0 Å². The normalized spacial score (nSPS) is 13.4. The number of benzene rings is 2. The van der Waals surface area contributed by atoms with Gasteiger partial charge in [0.1, 0.15) is 9.84 Å². The van der Waals surface area contributed by atoms with Crippen LogP contribution in [0.3, 0.4) is 0 Å². The van der Waals surface area contributed by atoms with Crippen LogP contribution in [0.15, 0.2) is 60.0 Å². The first-order valence-corrected chi connectivity index (χ1v) is 14.9. The van der Waals surface area contributed by atoms with Crippen LogP contribution < -0.4 is 11.1 Å². The molecular weight excluding hydrogens is 479 g/mol. The minimum atomic E-state index is -3.18. The van der Waals surface area contributed by atoms with Gasteiger partial charge >= 0.3 is 0 Å². The Labute approximate surface area is 198 Å². The fourth-order valence-corrected chi connectivity index (χ4v) is 5.47. The third-order valence-corrected chi connectivity index (χ3v) is 8.36. The second-order valence-corrected chi connectivity index (χ2v) is 12.1. The molecule has 2 aromatic carbocycles. The highest BCUT2D eigenvalue weighted by Gasteiger charge is 2.19. The highest BCUT2D eigenvalue weighted by Crippen LogP contribution is 2.33. The number of nitrogens with one attached hydrogen (secondary N) is 1. The lowest BCUT2D eigenvalue weighted by atomic mass is 10.0. The summed E-state index contributed by atoms with van der Waals surface area (Å²) in [7, 11) is -5.47. The van der Waals surface area contributed by atoms with Crippen molar-refractivity contribution in [3.63, 3.8) is 0 Å². The maximum atomic E-state index is 12.8. The first-order chi connectivity index (χ1) is 15.7. The van der Waals surface area contributed by atoms with Gasteiger partial charge in [0.2, 0.25) is 0 Å². The Morgan fingerprint density at radius 3 is 2.52 bits per heavy atom. The molecule has 3 rings (SSSR count). The smallest absolute Gasteiger partial charge is 0.255 e. The van der Waals surface area contributed by atoms with Gasteiger partial charge in [-0.2, -0.15) is 0 Å². The first-order valence-electron chi connectivity index (χ1n) is 10.4. The summed E-state index contributed by atoms with van der Waals surface area (Å²) in [4.78, 5) is 13.9. The lowest BCUT2D eigenvalue weighted by molar-refractivity contribution is 0.102. The molecule has 0 radical (unpaired) electrons. The van der Waals surface area contributed by atoms with Crippen LogP contribution >= 0.6 is 19.4 Å². The van der Waals surface area contributed by atoms with Crippen LogP contribution in [0.1, 0.15) is 35.4 Å². The molecule has 2 unspecified atom stereocenters. The van der Waals surface area contributed by atoms with Crippen LogP contribution in [0.5, 0.6) is 0 Å². The van der Waals surface area contributed by atoms with Crippen molar-refractivity contribution in [2.24, 2.45) is 0 Å². The molecule has 0 saturated heterocycles. The van der Waals surface area contributed by atoms with Crippen molar-refractivity contribution < 1.29 is 22.3 Å². The second kappa shape index (κ2) is 11.1. The van der Waals surface area contributed by atoms with Gasteiger partial charge in [-0.05, 0) is 53.3 Å². The number of nitrogen functional groups attached to an aromatic ring is 1. The highest BCUT2D eigenvalue weighted by atomic mass is 32.2. The summed E-state index contributed by atoms with van der Waals surface area (Å²) in [5.74, 6) is -0.353. The zero-order valence-corrected chi connectivity index (χ0v) is 21.0. The van der Waals surface area contributed by atoms with E-state index in [1.165, 1.54) is 6.66 Å². The molecule has 1 heterocycles. The van der Waals surface area contributed by atoms with E-state index in [0.29, 0.717) is 22.5 Å². The van der Waals surface area contributed by atoms with Crippen molar-refractivity contribution in [2.75, 3.05) is 29.2 Å². The van der Waals surface area contributed by atoms with Crippen LogP contribution in [0.2, 0.25) is 0 Å². The lowest BCUT2D eigenvalue weighted by Gasteiger charge is -2.17. The lowest BCUT2D eigenvalue weighted by Crippen LogP contribution is -2.14. The predicted molar refractivity (Wildman–Crippen MR) is 136 cm³/mol. The Bertz CT molecular complexity index is 1230. The Kier molecular flexibility index (Phi) is 8.48. The van der Waals surface area contributed by atoms with E-state index >= 15 is 0 Å². The monoisotopic (exact) mass is 506 g/mol. The van der Waals surface area contributed by atoms with E-state index in [-0.39, 0.29) is 23.8 Å². The average Bonchev–Trinajstić information content (AvgIpc) is 3.33. The van der Waals surface area contributed by atoms with Gasteiger partial charge in [-0.3, -0.25) is 9.36 Å². The Morgan fingerprint density at radius 2 is 1.91 bits per heavy atom. The van der Waals surface area contributed by atoms with Gasteiger partial charge in [-0.25, -0.2) is 8.42 Å². The fourth-order valence-electron chi connectivity index (χ4n) is 3.23. The molecule has 3 N–H and O–H groups in total. The van der Waals surface area contributed by atoms with Crippen LogP contribution in [0, 0.1) is 0 Å². The minimum absolute atomic E-state index is 0.0386. The maximum absolute atomic E-state index is 12.8. The van der Waals surface area contributed by atoms with E-state index in [4.69, 9.17) is 10.3 Å². The minimum Gasteiger partial charge on any atom is -0.397 e. The summed E-state index contributed by atoms with van der Waals surface area (Å²) in [5.41, 5.74) is 9.06. The summed E-state index contributed by atoms with van der Waals surface area (Å²) in [6.45, 7) is 3.05. The topological polar surface area (TPSA) is 116 Å². The number of thiophene rings is 1. The van der Waals surface area contributed by atoms with Gasteiger partial charge < -0.3 is 15.6 Å². The number of carbonyl (C=O) groups excluding carboxylic acids is 1. The van der Waals surface area contributed by atoms with E-state index < -0.39 is 24.0 Å². The molecule has 1 aromatic heterocycles. The molecule has 0 saturated carbocycles. The molecule has 3 aromatic rings. The van der Waals surface area contributed by atoms with Crippen molar-refractivity contribution >= 4 is 46.5 Å². The zero-order valence-electron chi connectivity index (χ0n) is 18.4. The van der Waals surface area contributed by atoms with Crippen molar-refractivity contribution in [2.45, 2.75) is 19.4 Å². The summed E-state index contributed by atoms with van der Waals surface area (Å²) >= 11 is 1.60. The van der Waals surface area contributed by atoms with E-state index in [1.54, 1.807) is 48.6 Å². The average molecular weight is 507 g/mol. The molecule has 0 spiro atoms. The Balaban J connectivity index is 1.75. The molecule has 7 nitrogen and oxygen atoms in total. The van der Waals surface area contributed by atoms with Crippen molar-refractivity contribution in [3.05, 3.63) is 71.1 Å². The van der Waals surface area contributed by atoms with Gasteiger partial charge in [0.25, 0.3) is 5.91 Å². The summed E-state index contributed by atoms with van der Waals surface area (Å²) in [6, 6.07) is 16.1. The molecule has 0 aliphatic heterocycles. The van der Waals surface area contributed by atoms with Gasteiger partial charge in [0.05, 0.1) is 23.2 Å². The largest absolute Gasteiger partial charge is 0.397 e. The molecule has 0 aliphatic rings. The van der Waals surface area contributed by atoms with Crippen molar-refractivity contribution in [1.82, 2.24) is 0 Å². The Morgan fingerprint density at radius 1 is 1.18 bits per heavy atom. The Hall–Kier alpha value is -2.45. The molecule has 0 bridgehead atoms. The van der Waals surface area contributed by atoms with E-state index in [1.807, 2.05) is 29.6 Å². The molecule has 0 fully saturated rings. The molecule has 0 aliphatic carbocycles. The number of rotatable bonds is 10. The zero-order chi connectivity index (χ0) is 24.0. The molecule has 1 amide bonds. The van der Waals surface area contributed by atoms with Gasteiger partial charge in [0.15, 0.2) is 8.03 Å². The predicted octanol–water partition coefficient (Wildman–Crippen LogP) is 5.24. The molecule has 33 heavy (non-hydrogen) atoms. The number of anilines is 2. The van der Waals surface area contributed by atoms with Gasteiger partial charge in [-0.1, -0.05) is 31.2 Å². The second-order valence-electron chi connectivity index (χ2n) is 7.48. The molecule has 2 atom stereocenters. The van der Waals surface area contributed by atoms with Crippen LogP contribution in [0.4, 0.5) is 11.4 Å². The first kappa shape index (κ1) is 25.2. The molecule has 10 heteroatoms. The number of nitrogens with two attached hydrogens (primary N) is 1. The highest BCUT2D eigenvalue weighted by molar-refractivity contribution is 7.91. The van der Waals surface area contributed by atoms with Crippen LogP contribution in [0.25, 0.3) is 10.4 Å². The quantitative estimate of drug-likeness (QED) is 0.287. The van der Waals surface area contributed by atoms with Gasteiger partial charge in [-0.15, -0.1) is 11.3 Å². The number of amides is 1. The SMILES string of the molecule is CCS(=O)(=O)CCC(O[PH](C)=O)c1ccc(C(=O)Nc2cc(-c3cccs3)ccc2N)cc1. The van der Waals surface area contributed by atoms with E-state index in [2.05, 4.69) is 5.32 Å². The summed E-state index contributed by atoms with van der Waals surface area (Å²) in [5, 5.41) is 4.83. The molecular formula is C23H27N2O5PS2. The standard InChI is InChI=1S/C23H27N2O5PS2/c1-3-33(28,29)14-12-21(30-31(2)27)16-6-8-17(9-7-16)23(26)25-20-15-18(10-11-19(20)24)22-5-4-13-32-22/h4-11,13,15,21,31H,3,12,14,24H2,1-2H3,(H,25,26). The summed E-state index contributed by atoms with van der Waals surface area (Å²) < 4.78 is 40.9. The number of sulfone groups is 1. The fraction of sp³-hybridized carbons (Fsp3) is 0.261. The molecule has 176 valence electrons. The number of carbonyl (C=O) groups is 1. The maximum Gasteiger partial charge on any atom is 0.255 e. The van der Waals surface area contributed by atoms with Gasteiger partial charge in [0, 0.05) is 22.9 Å². The van der Waals surface area contributed by atoms with E-state index in [9.17, 15) is 17.8 Å².